The first-order valence-electron chi connectivity index (χ1n) is 5.87. The van der Waals surface area contributed by atoms with E-state index in [0.717, 1.165) is 38.3 Å². The van der Waals surface area contributed by atoms with Gasteiger partial charge in [-0.25, -0.2) is 0 Å². The van der Waals surface area contributed by atoms with Gasteiger partial charge in [-0.05, 0) is 18.8 Å². The molecule has 16 heavy (non-hydrogen) atoms. The summed E-state index contributed by atoms with van der Waals surface area (Å²) < 4.78 is 0. The Morgan fingerprint density at radius 2 is 1.94 bits per heavy atom. The Kier molecular flexibility index (Phi) is 4.73. The molecule has 1 atom stereocenters. The van der Waals surface area contributed by atoms with Gasteiger partial charge in [0.2, 0.25) is 11.8 Å². The number of rotatable bonds is 4. The highest BCUT2D eigenvalue weighted by Crippen LogP contribution is 2.20. The van der Waals surface area contributed by atoms with Crippen molar-refractivity contribution in [3.63, 3.8) is 0 Å². The highest BCUT2D eigenvalue weighted by Gasteiger charge is 2.26. The molecule has 1 saturated heterocycles. The maximum absolute atomic E-state index is 11.8. The van der Waals surface area contributed by atoms with Gasteiger partial charge in [-0.3, -0.25) is 9.59 Å². The molecule has 4 N–H and O–H groups in total. The van der Waals surface area contributed by atoms with E-state index in [9.17, 15) is 9.59 Å². The lowest BCUT2D eigenvalue weighted by Crippen LogP contribution is -2.48. The third-order valence-electron chi connectivity index (χ3n) is 3.24. The van der Waals surface area contributed by atoms with Crippen molar-refractivity contribution in [2.75, 3.05) is 13.1 Å². The molecule has 0 saturated carbocycles. The first-order valence-corrected chi connectivity index (χ1v) is 5.87. The Balaban J connectivity index is 2.40. The van der Waals surface area contributed by atoms with E-state index in [4.69, 9.17) is 11.5 Å². The molecule has 1 fully saturated rings. The van der Waals surface area contributed by atoms with Crippen molar-refractivity contribution in [2.24, 2.45) is 17.4 Å². The number of nitrogens with zero attached hydrogens (tertiary/aromatic N) is 1. The monoisotopic (exact) mass is 227 g/mol. The van der Waals surface area contributed by atoms with E-state index in [1.54, 1.807) is 4.90 Å². The van der Waals surface area contributed by atoms with Crippen LogP contribution in [0.5, 0.6) is 0 Å². The minimum atomic E-state index is -0.768. The van der Waals surface area contributed by atoms with Crippen molar-refractivity contribution >= 4 is 11.8 Å². The van der Waals surface area contributed by atoms with Crippen molar-refractivity contribution in [3.8, 4) is 0 Å². The van der Waals surface area contributed by atoms with Crippen LogP contribution in [-0.4, -0.2) is 35.8 Å². The summed E-state index contributed by atoms with van der Waals surface area (Å²) in [4.78, 5) is 24.2. The zero-order valence-electron chi connectivity index (χ0n) is 9.82. The van der Waals surface area contributed by atoms with E-state index >= 15 is 0 Å². The van der Waals surface area contributed by atoms with Crippen LogP contribution in [0, 0.1) is 5.92 Å². The van der Waals surface area contributed by atoms with Crippen LogP contribution in [0.25, 0.3) is 0 Å². The van der Waals surface area contributed by atoms with Crippen molar-refractivity contribution in [1.29, 1.82) is 0 Å². The van der Waals surface area contributed by atoms with Crippen LogP contribution >= 0.6 is 0 Å². The number of hydrogen-bond donors (Lipinski definition) is 2. The molecule has 0 radical (unpaired) electrons. The number of primary amides is 1. The minimum absolute atomic E-state index is 0.0630. The summed E-state index contributed by atoms with van der Waals surface area (Å²) in [5.41, 5.74) is 10.6. The Hall–Kier alpha value is -1.10. The van der Waals surface area contributed by atoms with Gasteiger partial charge in [-0.1, -0.05) is 13.3 Å². The average Bonchev–Trinajstić information content (AvgIpc) is 2.27. The van der Waals surface area contributed by atoms with Crippen molar-refractivity contribution in [1.82, 2.24) is 4.90 Å². The number of hydrogen-bond acceptors (Lipinski definition) is 3. The van der Waals surface area contributed by atoms with Gasteiger partial charge in [-0.2, -0.15) is 0 Å². The van der Waals surface area contributed by atoms with Gasteiger partial charge < -0.3 is 16.4 Å². The molecule has 0 aromatic heterocycles. The molecule has 2 amide bonds. The molecule has 1 aliphatic rings. The third kappa shape index (κ3) is 3.48. The van der Waals surface area contributed by atoms with Gasteiger partial charge in [0.25, 0.3) is 0 Å². The van der Waals surface area contributed by atoms with Gasteiger partial charge in [0.1, 0.15) is 0 Å². The number of carbonyl (C=O) groups is 2. The normalized spacial score (nSPS) is 19.5. The minimum Gasteiger partial charge on any atom is -0.370 e. The lowest BCUT2D eigenvalue weighted by atomic mass is 9.94. The van der Waals surface area contributed by atoms with Crippen LogP contribution in [0.15, 0.2) is 0 Å². The zero-order chi connectivity index (χ0) is 12.1. The van der Waals surface area contributed by atoms with Crippen molar-refractivity contribution in [2.45, 2.75) is 38.6 Å². The van der Waals surface area contributed by atoms with Crippen LogP contribution in [-0.2, 0) is 9.59 Å². The summed E-state index contributed by atoms with van der Waals surface area (Å²) in [6, 6.07) is -0.768. The van der Waals surface area contributed by atoms with Gasteiger partial charge in [-0.15, -0.1) is 0 Å². The Labute approximate surface area is 96.1 Å². The number of amides is 2. The number of piperidine rings is 1. The highest BCUT2D eigenvalue weighted by molar-refractivity contribution is 5.87. The van der Waals surface area contributed by atoms with E-state index < -0.39 is 11.9 Å². The topological polar surface area (TPSA) is 89.4 Å². The van der Waals surface area contributed by atoms with E-state index in [2.05, 4.69) is 6.92 Å². The predicted octanol–water partition coefficient (Wildman–Crippen LogP) is -0.162. The fraction of sp³-hybridized carbons (Fsp3) is 0.818. The largest absolute Gasteiger partial charge is 0.370 e. The molecule has 5 heteroatoms. The van der Waals surface area contributed by atoms with Crippen LogP contribution < -0.4 is 11.5 Å². The molecule has 1 rings (SSSR count). The van der Waals surface area contributed by atoms with Crippen molar-refractivity contribution in [3.05, 3.63) is 0 Å². The lowest BCUT2D eigenvalue weighted by molar-refractivity contribution is -0.135. The van der Waals surface area contributed by atoms with Crippen LogP contribution in [0.4, 0.5) is 0 Å². The molecule has 0 aromatic carbocycles. The smallest absolute Gasteiger partial charge is 0.240 e. The lowest BCUT2D eigenvalue weighted by Gasteiger charge is -2.32. The average molecular weight is 227 g/mol. The van der Waals surface area contributed by atoms with Gasteiger partial charge in [0.05, 0.1) is 12.5 Å². The van der Waals surface area contributed by atoms with E-state index in [0.29, 0.717) is 0 Å². The SMILES string of the molecule is CCC1CCN(C(=O)C(N)CC(N)=O)CC1. The maximum Gasteiger partial charge on any atom is 0.240 e. The molecule has 92 valence electrons. The third-order valence-corrected chi connectivity index (χ3v) is 3.24. The number of nitrogens with two attached hydrogens (primary N) is 2. The zero-order valence-corrected chi connectivity index (χ0v) is 9.82. The Bertz CT molecular complexity index is 260. The second kappa shape index (κ2) is 5.84. The summed E-state index contributed by atoms with van der Waals surface area (Å²) in [6.45, 7) is 3.68. The van der Waals surface area contributed by atoms with Gasteiger partial charge in [0.15, 0.2) is 0 Å². The second-order valence-corrected chi connectivity index (χ2v) is 4.45. The molecule has 1 aliphatic heterocycles. The standard InChI is InChI=1S/C11H21N3O2/c1-2-8-3-5-14(6-4-8)11(16)9(12)7-10(13)15/h8-9H,2-7,12H2,1H3,(H2,13,15). The number of likely N-dealkylation sites (tertiary alicyclic amines) is 1. The maximum atomic E-state index is 11.8. The van der Waals surface area contributed by atoms with Gasteiger partial charge in [0, 0.05) is 13.1 Å². The van der Waals surface area contributed by atoms with E-state index in [-0.39, 0.29) is 12.3 Å². The highest BCUT2D eigenvalue weighted by atomic mass is 16.2. The molecule has 5 nitrogen and oxygen atoms in total. The molecule has 1 heterocycles. The second-order valence-electron chi connectivity index (χ2n) is 4.45. The van der Waals surface area contributed by atoms with Crippen molar-refractivity contribution < 1.29 is 9.59 Å². The van der Waals surface area contributed by atoms with Crippen LogP contribution in [0.2, 0.25) is 0 Å². The fourth-order valence-corrected chi connectivity index (χ4v) is 2.10. The molecular weight excluding hydrogens is 206 g/mol. The summed E-state index contributed by atoms with van der Waals surface area (Å²) >= 11 is 0. The number of carbonyl (C=O) groups excluding carboxylic acids is 2. The van der Waals surface area contributed by atoms with Gasteiger partial charge >= 0.3 is 0 Å². The summed E-state index contributed by atoms with van der Waals surface area (Å²) in [5.74, 6) is 0.0501. The Morgan fingerprint density at radius 3 is 2.38 bits per heavy atom. The predicted molar refractivity (Wildman–Crippen MR) is 61.4 cm³/mol. The van der Waals surface area contributed by atoms with E-state index in [1.807, 2.05) is 0 Å². The molecule has 0 aliphatic carbocycles. The van der Waals surface area contributed by atoms with E-state index in [1.165, 1.54) is 0 Å². The molecular formula is C11H21N3O2. The quantitative estimate of drug-likeness (QED) is 0.699. The molecule has 1 unspecified atom stereocenters. The first-order chi connectivity index (χ1) is 7.54. The van der Waals surface area contributed by atoms with Crippen LogP contribution in [0.1, 0.15) is 32.6 Å². The fourth-order valence-electron chi connectivity index (χ4n) is 2.10. The first kappa shape index (κ1) is 13.0. The Morgan fingerprint density at radius 1 is 1.38 bits per heavy atom. The molecule has 0 spiro atoms. The van der Waals surface area contributed by atoms with Crippen LogP contribution in [0.3, 0.4) is 0 Å². The summed E-state index contributed by atoms with van der Waals surface area (Å²) in [5, 5.41) is 0. The molecule has 0 bridgehead atoms. The summed E-state index contributed by atoms with van der Waals surface area (Å²) in [7, 11) is 0. The molecule has 0 aromatic rings. The summed E-state index contributed by atoms with van der Waals surface area (Å²) in [6.07, 6.45) is 3.17.